The average molecular weight is 278 g/mol. The molecule has 0 aliphatic heterocycles. The predicted molar refractivity (Wildman–Crippen MR) is 87.5 cm³/mol. The molecule has 3 aromatic rings. The first-order valence-corrected chi connectivity index (χ1v) is 7.08. The van der Waals surface area contributed by atoms with Crippen molar-refractivity contribution in [3.05, 3.63) is 52.6 Å². The van der Waals surface area contributed by atoms with Crippen molar-refractivity contribution in [1.82, 2.24) is 0 Å². The molecular weight excluding hydrogens is 260 g/mol. The van der Waals surface area contributed by atoms with Crippen molar-refractivity contribution < 1.29 is 9.21 Å². The Morgan fingerprint density at radius 1 is 1.00 bits per heavy atom. The Hall–Kier alpha value is -2.35. The van der Waals surface area contributed by atoms with Crippen molar-refractivity contribution in [1.29, 1.82) is 0 Å². The van der Waals surface area contributed by atoms with Crippen LogP contribution < -0.4 is 0 Å². The predicted octanol–water partition coefficient (Wildman–Crippen LogP) is 5.20. The molecule has 1 aromatic heterocycles. The molecular formula is C19H18O2. The van der Waals surface area contributed by atoms with Gasteiger partial charge in [-0.15, -0.1) is 0 Å². The van der Waals surface area contributed by atoms with Crippen LogP contribution in [0.4, 0.5) is 0 Å². The Morgan fingerprint density at radius 3 is 2.43 bits per heavy atom. The first-order valence-electron chi connectivity index (χ1n) is 7.08. The molecule has 0 fully saturated rings. The van der Waals surface area contributed by atoms with Crippen LogP contribution in [0.25, 0.3) is 27.5 Å². The summed E-state index contributed by atoms with van der Waals surface area (Å²) in [6.07, 6.45) is 0.909. The van der Waals surface area contributed by atoms with Gasteiger partial charge in [-0.1, -0.05) is 18.2 Å². The molecule has 0 atom stereocenters. The highest BCUT2D eigenvalue weighted by molar-refractivity contribution is 6.08. The molecule has 0 aliphatic rings. The maximum Gasteiger partial charge on any atom is 0.146 e. The normalized spacial score (nSPS) is 12.8. The number of aryl methyl sites for hydroxylation is 2. The molecule has 0 saturated carbocycles. The van der Waals surface area contributed by atoms with Gasteiger partial charge in [-0.3, -0.25) is 4.79 Å². The number of carbonyl (C=O) groups is 1. The van der Waals surface area contributed by atoms with Gasteiger partial charge >= 0.3 is 0 Å². The van der Waals surface area contributed by atoms with E-state index >= 15 is 0 Å². The number of benzene rings is 2. The van der Waals surface area contributed by atoms with Crippen molar-refractivity contribution in [2.24, 2.45) is 0 Å². The topological polar surface area (TPSA) is 30.2 Å². The Bertz CT molecular complexity index is 895. The quantitative estimate of drug-likeness (QED) is 0.476. The molecule has 106 valence electrons. The van der Waals surface area contributed by atoms with Gasteiger partial charge in [-0.25, -0.2) is 0 Å². The van der Waals surface area contributed by atoms with Crippen molar-refractivity contribution in [2.45, 2.75) is 27.7 Å². The Morgan fingerprint density at radius 2 is 1.71 bits per heavy atom. The lowest BCUT2D eigenvalue weighted by Gasteiger charge is -2.06. The molecule has 2 aromatic carbocycles. The Kier molecular flexibility index (Phi) is 3.17. The highest BCUT2D eigenvalue weighted by Gasteiger charge is 2.13. The first-order chi connectivity index (χ1) is 10.0. The maximum absolute atomic E-state index is 11.0. The van der Waals surface area contributed by atoms with Crippen LogP contribution in [0.5, 0.6) is 0 Å². The number of furan rings is 1. The maximum atomic E-state index is 11.0. The molecule has 21 heavy (non-hydrogen) atoms. The van der Waals surface area contributed by atoms with E-state index in [9.17, 15) is 4.79 Å². The Balaban J connectivity index is 2.41. The number of para-hydroxylation sites is 1. The number of allylic oxidation sites excluding steroid dienone is 2. The number of hydrogen-bond donors (Lipinski definition) is 0. The summed E-state index contributed by atoms with van der Waals surface area (Å²) in [6.45, 7) is 7.94. The summed E-state index contributed by atoms with van der Waals surface area (Å²) in [7, 11) is 0. The lowest BCUT2D eigenvalue weighted by molar-refractivity contribution is -0.104. The highest BCUT2D eigenvalue weighted by Crippen LogP contribution is 2.35. The van der Waals surface area contributed by atoms with Gasteiger partial charge < -0.3 is 4.42 Å². The summed E-state index contributed by atoms with van der Waals surface area (Å²) < 4.78 is 6.05. The summed E-state index contributed by atoms with van der Waals surface area (Å²) >= 11 is 0. The number of aldehydes is 1. The van der Waals surface area contributed by atoms with Crippen LogP contribution in [0.2, 0.25) is 0 Å². The average Bonchev–Trinajstić information content (AvgIpc) is 2.86. The molecule has 2 heteroatoms. The fraction of sp³-hybridized carbons (Fsp3) is 0.211. The molecule has 0 N–H and O–H groups in total. The van der Waals surface area contributed by atoms with Gasteiger partial charge in [0.15, 0.2) is 0 Å². The molecule has 2 nitrogen and oxygen atoms in total. The SMILES string of the molecule is C/C(C=O)=C(\C)c1cc(C)c2oc3c(C)cccc3c2c1. The van der Waals surface area contributed by atoms with Crippen LogP contribution in [0.15, 0.2) is 40.3 Å². The minimum absolute atomic E-state index is 0.762. The van der Waals surface area contributed by atoms with Crippen molar-refractivity contribution >= 4 is 33.8 Å². The number of carbonyl (C=O) groups excluding carboxylic acids is 1. The van der Waals surface area contributed by atoms with E-state index in [1.54, 1.807) is 0 Å². The highest BCUT2D eigenvalue weighted by atomic mass is 16.3. The number of rotatable bonds is 2. The van der Waals surface area contributed by atoms with E-state index in [1.165, 1.54) is 0 Å². The second-order valence-electron chi connectivity index (χ2n) is 5.65. The molecule has 0 unspecified atom stereocenters. The lowest BCUT2D eigenvalue weighted by atomic mass is 9.98. The summed E-state index contributed by atoms with van der Waals surface area (Å²) in [5.41, 5.74) is 6.96. The van der Waals surface area contributed by atoms with Gasteiger partial charge in [-0.2, -0.15) is 0 Å². The zero-order chi connectivity index (χ0) is 15.1. The molecule has 0 bridgehead atoms. The zero-order valence-electron chi connectivity index (χ0n) is 12.8. The standard InChI is InChI=1S/C19H18O2/c1-11-6-5-7-16-17-9-15(14(4)13(3)10-20)8-12(2)19(17)21-18(11)16/h5-10H,1-4H3/b14-13-. The van der Waals surface area contributed by atoms with Gasteiger partial charge in [0.25, 0.3) is 0 Å². The smallest absolute Gasteiger partial charge is 0.146 e. The number of hydrogen-bond acceptors (Lipinski definition) is 2. The second kappa shape index (κ2) is 4.88. The largest absolute Gasteiger partial charge is 0.456 e. The van der Waals surface area contributed by atoms with Gasteiger partial charge in [0, 0.05) is 10.8 Å². The molecule has 1 heterocycles. The van der Waals surface area contributed by atoms with E-state index in [2.05, 4.69) is 31.2 Å². The third-order valence-electron chi connectivity index (χ3n) is 4.18. The van der Waals surface area contributed by atoms with Gasteiger partial charge in [0.1, 0.15) is 17.5 Å². The van der Waals surface area contributed by atoms with Crippen molar-refractivity contribution in [2.75, 3.05) is 0 Å². The van der Waals surface area contributed by atoms with Crippen LogP contribution in [0.1, 0.15) is 30.5 Å². The third kappa shape index (κ3) is 2.07. The molecule has 0 aliphatic carbocycles. The van der Waals surface area contributed by atoms with E-state index in [0.29, 0.717) is 0 Å². The number of fused-ring (bicyclic) bond motifs is 3. The summed E-state index contributed by atoms with van der Waals surface area (Å²) in [5.74, 6) is 0. The van der Waals surface area contributed by atoms with E-state index in [-0.39, 0.29) is 0 Å². The molecule has 0 spiro atoms. The monoisotopic (exact) mass is 278 g/mol. The second-order valence-corrected chi connectivity index (χ2v) is 5.65. The zero-order valence-corrected chi connectivity index (χ0v) is 12.8. The van der Waals surface area contributed by atoms with Crippen LogP contribution >= 0.6 is 0 Å². The molecule has 3 rings (SSSR count). The minimum Gasteiger partial charge on any atom is -0.456 e. The first kappa shape index (κ1) is 13.6. The van der Waals surface area contributed by atoms with Crippen LogP contribution in [0.3, 0.4) is 0 Å². The van der Waals surface area contributed by atoms with Crippen LogP contribution in [0, 0.1) is 13.8 Å². The molecule has 0 saturated heterocycles. The van der Waals surface area contributed by atoms with Crippen LogP contribution in [-0.2, 0) is 4.79 Å². The van der Waals surface area contributed by atoms with Gasteiger partial charge in [-0.05, 0) is 67.7 Å². The van der Waals surface area contributed by atoms with Crippen LogP contribution in [-0.4, -0.2) is 6.29 Å². The van der Waals surface area contributed by atoms with E-state index in [4.69, 9.17) is 4.42 Å². The Labute approximate surface area is 124 Å². The summed E-state index contributed by atoms with van der Waals surface area (Å²) in [4.78, 5) is 11.0. The van der Waals surface area contributed by atoms with Gasteiger partial charge in [0.05, 0.1) is 0 Å². The van der Waals surface area contributed by atoms with Crippen molar-refractivity contribution in [3.63, 3.8) is 0 Å². The van der Waals surface area contributed by atoms with E-state index in [0.717, 1.165) is 56.1 Å². The lowest BCUT2D eigenvalue weighted by Crippen LogP contribution is -1.88. The van der Waals surface area contributed by atoms with E-state index < -0.39 is 0 Å². The fourth-order valence-electron chi connectivity index (χ4n) is 2.74. The molecule has 0 radical (unpaired) electrons. The summed E-state index contributed by atoms with van der Waals surface area (Å²) in [5, 5.41) is 2.24. The third-order valence-corrected chi connectivity index (χ3v) is 4.18. The molecule has 0 amide bonds. The summed E-state index contributed by atoms with van der Waals surface area (Å²) in [6, 6.07) is 10.4. The van der Waals surface area contributed by atoms with Crippen molar-refractivity contribution in [3.8, 4) is 0 Å². The van der Waals surface area contributed by atoms with E-state index in [1.807, 2.05) is 26.8 Å². The fourth-order valence-corrected chi connectivity index (χ4v) is 2.74. The van der Waals surface area contributed by atoms with Gasteiger partial charge in [0.2, 0.25) is 0 Å². The minimum atomic E-state index is 0.762.